The van der Waals surface area contributed by atoms with Crippen LogP contribution < -0.4 is 15.1 Å². The molecule has 0 unspecified atom stereocenters. The van der Waals surface area contributed by atoms with Crippen molar-refractivity contribution in [2.75, 3.05) is 11.4 Å². The predicted octanol–water partition coefficient (Wildman–Crippen LogP) is 2.88. The first-order chi connectivity index (χ1) is 14.0. The molecule has 3 aromatic carbocycles. The molecule has 7 nitrogen and oxygen atoms in total. The van der Waals surface area contributed by atoms with Gasteiger partial charge in [0.2, 0.25) is 0 Å². The quantitative estimate of drug-likeness (QED) is 0.316. The Hall–Kier alpha value is -4.00. The number of nitrogens with one attached hydrogen (secondary N) is 1. The van der Waals surface area contributed by atoms with Crippen molar-refractivity contribution in [3.8, 4) is 5.75 Å². The van der Waals surface area contributed by atoms with Crippen LogP contribution in [0.4, 0.5) is 5.69 Å². The summed E-state index contributed by atoms with van der Waals surface area (Å²) in [6.45, 7) is 1.20. The third-order valence-electron chi connectivity index (χ3n) is 4.50. The molecule has 1 heterocycles. The first-order valence-electron chi connectivity index (χ1n) is 8.97. The van der Waals surface area contributed by atoms with Gasteiger partial charge in [-0.3, -0.25) is 19.3 Å². The Labute approximate surface area is 166 Å². The second-order valence-electron chi connectivity index (χ2n) is 6.53. The van der Waals surface area contributed by atoms with Crippen molar-refractivity contribution in [2.45, 2.75) is 6.92 Å². The molecule has 0 bridgehead atoms. The van der Waals surface area contributed by atoms with E-state index in [1.165, 1.54) is 18.0 Å². The van der Waals surface area contributed by atoms with Crippen LogP contribution in [0.25, 0.3) is 10.8 Å². The molecular weight excluding hydrogens is 370 g/mol. The minimum absolute atomic E-state index is 0.130. The number of esters is 1. The Balaban J connectivity index is 1.41. The number of hydrogen-bond acceptors (Lipinski definition) is 5. The highest BCUT2D eigenvalue weighted by Crippen LogP contribution is 2.36. The largest absolute Gasteiger partial charge is 0.427 e. The molecule has 1 aliphatic heterocycles. The van der Waals surface area contributed by atoms with Crippen LogP contribution >= 0.6 is 0 Å². The van der Waals surface area contributed by atoms with E-state index in [9.17, 15) is 14.4 Å². The van der Waals surface area contributed by atoms with E-state index in [2.05, 4.69) is 10.5 Å². The molecule has 0 spiro atoms. The molecule has 0 aromatic heterocycles. The van der Waals surface area contributed by atoms with Gasteiger partial charge in [-0.25, -0.2) is 5.43 Å². The average Bonchev–Trinajstić information content (AvgIpc) is 2.97. The molecule has 7 heteroatoms. The van der Waals surface area contributed by atoms with Crippen molar-refractivity contribution >= 4 is 40.5 Å². The molecule has 2 amide bonds. The summed E-state index contributed by atoms with van der Waals surface area (Å²) >= 11 is 0. The highest BCUT2D eigenvalue weighted by Gasteiger charge is 2.30. The minimum Gasteiger partial charge on any atom is -0.427 e. The van der Waals surface area contributed by atoms with Crippen molar-refractivity contribution in [1.29, 1.82) is 0 Å². The number of ether oxygens (including phenoxy) is 1. The highest BCUT2D eigenvalue weighted by molar-refractivity contribution is 6.26. The molecule has 0 fully saturated rings. The van der Waals surface area contributed by atoms with Crippen LogP contribution in [0.5, 0.6) is 5.75 Å². The van der Waals surface area contributed by atoms with Gasteiger partial charge >= 0.3 is 5.97 Å². The molecule has 4 rings (SSSR count). The van der Waals surface area contributed by atoms with E-state index in [1.807, 2.05) is 30.3 Å². The third kappa shape index (κ3) is 3.70. The number of nitrogens with zero attached hydrogens (tertiary/aromatic N) is 2. The average molecular weight is 387 g/mol. The number of rotatable bonds is 5. The van der Waals surface area contributed by atoms with E-state index in [4.69, 9.17) is 4.74 Å². The maximum atomic E-state index is 12.7. The Bertz CT molecular complexity index is 1150. The van der Waals surface area contributed by atoms with E-state index in [-0.39, 0.29) is 12.5 Å². The first-order valence-corrected chi connectivity index (χ1v) is 8.97. The second-order valence-corrected chi connectivity index (χ2v) is 6.53. The van der Waals surface area contributed by atoms with E-state index in [1.54, 1.807) is 30.3 Å². The van der Waals surface area contributed by atoms with Gasteiger partial charge in [0.15, 0.2) is 0 Å². The van der Waals surface area contributed by atoms with Crippen molar-refractivity contribution in [3.63, 3.8) is 0 Å². The molecule has 0 saturated carbocycles. The van der Waals surface area contributed by atoms with Gasteiger partial charge < -0.3 is 4.74 Å². The zero-order valence-electron chi connectivity index (χ0n) is 15.6. The fraction of sp³-hybridized carbons (Fsp3) is 0.0909. The summed E-state index contributed by atoms with van der Waals surface area (Å²) in [5.74, 6) is -0.569. The number of carbonyl (C=O) groups is 3. The Kier molecular flexibility index (Phi) is 4.78. The lowest BCUT2D eigenvalue weighted by Crippen LogP contribution is -2.37. The van der Waals surface area contributed by atoms with Crippen LogP contribution in [0.15, 0.2) is 65.8 Å². The second kappa shape index (κ2) is 7.55. The Morgan fingerprint density at radius 1 is 1.07 bits per heavy atom. The lowest BCUT2D eigenvalue weighted by Gasteiger charge is -2.16. The van der Waals surface area contributed by atoms with E-state index in [0.29, 0.717) is 11.3 Å². The van der Waals surface area contributed by atoms with Gasteiger partial charge in [0, 0.05) is 17.9 Å². The number of amides is 2. The highest BCUT2D eigenvalue weighted by atomic mass is 16.5. The lowest BCUT2D eigenvalue weighted by molar-refractivity contribution is -0.131. The van der Waals surface area contributed by atoms with Gasteiger partial charge in [0.1, 0.15) is 12.3 Å². The molecular formula is C22H17N3O4. The summed E-state index contributed by atoms with van der Waals surface area (Å²) in [6.07, 6.45) is 1.47. The molecule has 144 valence electrons. The third-order valence-corrected chi connectivity index (χ3v) is 4.50. The van der Waals surface area contributed by atoms with Crippen molar-refractivity contribution in [1.82, 2.24) is 5.43 Å². The fourth-order valence-electron chi connectivity index (χ4n) is 3.28. The van der Waals surface area contributed by atoms with Crippen LogP contribution in [0, 0.1) is 0 Å². The standard InChI is InChI=1S/C22H17N3O4/c1-14(26)29-17-10-8-15(9-11-17)12-23-24-20(27)13-25-19-7-3-5-16-4-2-6-18(21(16)19)22(25)28/h2-12H,13H2,1H3,(H,24,27)/b23-12-. The summed E-state index contributed by atoms with van der Waals surface area (Å²) in [4.78, 5) is 37.4. The lowest BCUT2D eigenvalue weighted by atomic mass is 10.1. The monoisotopic (exact) mass is 387 g/mol. The molecule has 0 atom stereocenters. The minimum atomic E-state index is -0.407. The normalized spacial score (nSPS) is 12.6. The molecule has 3 aromatic rings. The van der Waals surface area contributed by atoms with Crippen LogP contribution in [0.1, 0.15) is 22.8 Å². The Morgan fingerprint density at radius 3 is 2.52 bits per heavy atom. The number of anilines is 1. The SMILES string of the molecule is CC(=O)Oc1ccc(/C=N\NC(=O)CN2C(=O)c3cccc4cccc2c34)cc1. The first kappa shape index (κ1) is 18.4. The van der Waals surface area contributed by atoms with Crippen molar-refractivity contribution < 1.29 is 19.1 Å². The number of hydrazone groups is 1. The van der Waals surface area contributed by atoms with Crippen LogP contribution in [-0.2, 0) is 9.59 Å². The van der Waals surface area contributed by atoms with E-state index < -0.39 is 11.9 Å². The summed E-state index contributed by atoms with van der Waals surface area (Å²) in [6, 6.07) is 17.8. The number of benzene rings is 3. The number of hydrogen-bond donors (Lipinski definition) is 1. The summed E-state index contributed by atoms with van der Waals surface area (Å²) in [7, 11) is 0. The summed E-state index contributed by atoms with van der Waals surface area (Å²) in [5.41, 5.74) is 4.48. The van der Waals surface area contributed by atoms with Crippen LogP contribution in [0.3, 0.4) is 0 Å². The van der Waals surface area contributed by atoms with Crippen molar-refractivity contribution in [2.24, 2.45) is 5.10 Å². The Morgan fingerprint density at radius 2 is 1.79 bits per heavy atom. The van der Waals surface area contributed by atoms with Gasteiger partial charge in [-0.05, 0) is 47.3 Å². The van der Waals surface area contributed by atoms with Gasteiger partial charge in [-0.15, -0.1) is 0 Å². The molecule has 1 aliphatic rings. The maximum Gasteiger partial charge on any atom is 0.308 e. The van der Waals surface area contributed by atoms with Crippen LogP contribution in [0.2, 0.25) is 0 Å². The zero-order chi connectivity index (χ0) is 20.4. The summed E-state index contributed by atoms with van der Waals surface area (Å²) in [5, 5.41) is 5.76. The van der Waals surface area contributed by atoms with E-state index >= 15 is 0 Å². The molecule has 0 radical (unpaired) electrons. The van der Waals surface area contributed by atoms with Gasteiger partial charge in [-0.1, -0.05) is 24.3 Å². The smallest absolute Gasteiger partial charge is 0.308 e. The molecule has 1 N–H and O–H groups in total. The maximum absolute atomic E-state index is 12.7. The summed E-state index contributed by atoms with van der Waals surface area (Å²) < 4.78 is 4.96. The van der Waals surface area contributed by atoms with E-state index in [0.717, 1.165) is 22.0 Å². The van der Waals surface area contributed by atoms with Gasteiger partial charge in [0.25, 0.3) is 11.8 Å². The molecule has 0 aliphatic carbocycles. The topological polar surface area (TPSA) is 88.1 Å². The molecule has 0 saturated heterocycles. The predicted molar refractivity (Wildman–Crippen MR) is 109 cm³/mol. The molecule has 29 heavy (non-hydrogen) atoms. The fourth-order valence-corrected chi connectivity index (χ4v) is 3.28. The number of carbonyl (C=O) groups excluding carboxylic acids is 3. The van der Waals surface area contributed by atoms with Crippen LogP contribution in [-0.4, -0.2) is 30.5 Å². The zero-order valence-corrected chi connectivity index (χ0v) is 15.6. The van der Waals surface area contributed by atoms with Gasteiger partial charge in [-0.2, -0.15) is 5.10 Å². The van der Waals surface area contributed by atoms with Crippen molar-refractivity contribution in [3.05, 3.63) is 71.8 Å². The van der Waals surface area contributed by atoms with Gasteiger partial charge in [0.05, 0.1) is 11.9 Å².